The van der Waals surface area contributed by atoms with E-state index in [-0.39, 0.29) is 24.0 Å². The van der Waals surface area contributed by atoms with Crippen LogP contribution in [0.25, 0.3) is 0 Å². The Labute approximate surface area is 167 Å². The molecule has 0 radical (unpaired) electrons. The molecule has 1 saturated carbocycles. The number of hydrogen-bond donors (Lipinski definition) is 2. The van der Waals surface area contributed by atoms with E-state index >= 15 is 0 Å². The molecule has 138 valence electrons. The van der Waals surface area contributed by atoms with Crippen LogP contribution in [0.3, 0.4) is 0 Å². The molecule has 0 aliphatic heterocycles. The number of guanidine groups is 1. The first-order valence-corrected chi connectivity index (χ1v) is 9.82. The van der Waals surface area contributed by atoms with Gasteiger partial charge in [0.25, 0.3) is 0 Å². The Hall–Kier alpha value is -0.340. The zero-order valence-electron chi connectivity index (χ0n) is 14.9. The van der Waals surface area contributed by atoms with Gasteiger partial charge in [0.2, 0.25) is 0 Å². The summed E-state index contributed by atoms with van der Waals surface area (Å²) in [5.74, 6) is 1.37. The number of rotatable bonds is 8. The zero-order chi connectivity index (χ0) is 16.3. The van der Waals surface area contributed by atoms with Gasteiger partial charge < -0.3 is 15.4 Å². The van der Waals surface area contributed by atoms with E-state index < -0.39 is 0 Å². The molecule has 1 aromatic heterocycles. The highest BCUT2D eigenvalue weighted by molar-refractivity contribution is 14.0. The molecule has 0 aromatic carbocycles. The lowest BCUT2D eigenvalue weighted by Gasteiger charge is -2.22. The maximum absolute atomic E-state index is 5.95. The summed E-state index contributed by atoms with van der Waals surface area (Å²) in [5.41, 5.74) is 1.39. The lowest BCUT2D eigenvalue weighted by Crippen LogP contribution is -2.39. The van der Waals surface area contributed by atoms with Crippen molar-refractivity contribution in [3.63, 3.8) is 0 Å². The summed E-state index contributed by atoms with van der Waals surface area (Å²) in [6.07, 6.45) is 8.08. The Morgan fingerprint density at radius 1 is 1.33 bits per heavy atom. The SMILES string of the molecule is CN=C(NCCCOC1CCCCC1)NCC(C)c1ccsc1.I. The predicted molar refractivity (Wildman–Crippen MR) is 115 cm³/mol. The van der Waals surface area contributed by atoms with Gasteiger partial charge >= 0.3 is 0 Å². The maximum Gasteiger partial charge on any atom is 0.190 e. The third kappa shape index (κ3) is 8.16. The van der Waals surface area contributed by atoms with Gasteiger partial charge in [-0.25, -0.2) is 0 Å². The molecule has 1 heterocycles. The van der Waals surface area contributed by atoms with Crippen LogP contribution in [0.1, 0.15) is 56.9 Å². The van der Waals surface area contributed by atoms with Gasteiger partial charge in [0.15, 0.2) is 5.96 Å². The monoisotopic (exact) mass is 465 g/mol. The van der Waals surface area contributed by atoms with E-state index in [0.717, 1.165) is 32.1 Å². The van der Waals surface area contributed by atoms with Crippen molar-refractivity contribution in [2.24, 2.45) is 4.99 Å². The van der Waals surface area contributed by atoms with Gasteiger partial charge in [-0.2, -0.15) is 11.3 Å². The zero-order valence-corrected chi connectivity index (χ0v) is 18.1. The molecule has 24 heavy (non-hydrogen) atoms. The van der Waals surface area contributed by atoms with E-state index in [1.165, 1.54) is 37.7 Å². The molecular formula is C18H32IN3OS. The van der Waals surface area contributed by atoms with E-state index in [1.54, 1.807) is 11.3 Å². The standard InChI is InChI=1S/C18H31N3OS.HI/c1-15(16-9-12-23-14-16)13-21-18(19-2)20-10-6-11-22-17-7-4-3-5-8-17;/h9,12,14-15,17H,3-8,10-11,13H2,1-2H3,(H2,19,20,21);1H. The van der Waals surface area contributed by atoms with E-state index in [1.807, 2.05) is 7.05 Å². The number of aliphatic imine (C=N–C) groups is 1. The molecule has 1 aliphatic carbocycles. The van der Waals surface area contributed by atoms with Crippen molar-refractivity contribution < 1.29 is 4.74 Å². The van der Waals surface area contributed by atoms with Gasteiger partial charge in [-0.3, -0.25) is 4.99 Å². The minimum atomic E-state index is 0. The fourth-order valence-corrected chi connectivity index (χ4v) is 3.69. The second kappa shape index (κ2) is 12.9. The van der Waals surface area contributed by atoms with Crippen molar-refractivity contribution in [1.29, 1.82) is 0 Å². The van der Waals surface area contributed by atoms with Crippen LogP contribution >= 0.6 is 35.3 Å². The van der Waals surface area contributed by atoms with E-state index in [9.17, 15) is 0 Å². The van der Waals surface area contributed by atoms with Crippen LogP contribution in [-0.4, -0.2) is 38.8 Å². The van der Waals surface area contributed by atoms with Crippen molar-refractivity contribution in [2.45, 2.75) is 57.5 Å². The van der Waals surface area contributed by atoms with Gasteiger partial charge in [0, 0.05) is 26.7 Å². The minimum absolute atomic E-state index is 0. The number of hydrogen-bond acceptors (Lipinski definition) is 3. The number of nitrogens with zero attached hydrogens (tertiary/aromatic N) is 1. The van der Waals surface area contributed by atoms with Crippen LogP contribution in [-0.2, 0) is 4.74 Å². The molecule has 1 unspecified atom stereocenters. The third-order valence-electron chi connectivity index (χ3n) is 4.43. The van der Waals surface area contributed by atoms with Crippen molar-refractivity contribution >= 4 is 41.3 Å². The van der Waals surface area contributed by atoms with Gasteiger partial charge in [0.1, 0.15) is 0 Å². The Kier molecular flexibility index (Phi) is 11.7. The number of ether oxygens (including phenoxy) is 1. The van der Waals surface area contributed by atoms with E-state index in [0.29, 0.717) is 12.0 Å². The fourth-order valence-electron chi connectivity index (χ4n) is 2.90. The van der Waals surface area contributed by atoms with Crippen molar-refractivity contribution in [3.8, 4) is 0 Å². The van der Waals surface area contributed by atoms with Crippen molar-refractivity contribution in [3.05, 3.63) is 22.4 Å². The highest BCUT2D eigenvalue weighted by Crippen LogP contribution is 2.20. The van der Waals surface area contributed by atoms with Crippen LogP contribution in [0.4, 0.5) is 0 Å². The summed E-state index contributed by atoms with van der Waals surface area (Å²) in [5, 5.41) is 11.1. The molecule has 0 bridgehead atoms. The second-order valence-electron chi connectivity index (χ2n) is 6.32. The molecule has 1 aliphatic rings. The van der Waals surface area contributed by atoms with Gasteiger partial charge in [0.05, 0.1) is 6.10 Å². The Balaban J connectivity index is 0.00000288. The summed E-state index contributed by atoms with van der Waals surface area (Å²) in [6.45, 7) is 4.88. The number of nitrogens with one attached hydrogen (secondary N) is 2. The van der Waals surface area contributed by atoms with Crippen LogP contribution in [0.2, 0.25) is 0 Å². The highest BCUT2D eigenvalue weighted by atomic mass is 127. The number of halogens is 1. The smallest absolute Gasteiger partial charge is 0.190 e. The first-order valence-electron chi connectivity index (χ1n) is 8.88. The van der Waals surface area contributed by atoms with E-state index in [2.05, 4.69) is 39.4 Å². The molecule has 2 N–H and O–H groups in total. The lowest BCUT2D eigenvalue weighted by atomic mass is 9.98. The quantitative estimate of drug-likeness (QED) is 0.259. The van der Waals surface area contributed by atoms with Gasteiger partial charge in [-0.1, -0.05) is 26.2 Å². The largest absolute Gasteiger partial charge is 0.378 e. The van der Waals surface area contributed by atoms with Crippen LogP contribution in [0, 0.1) is 0 Å². The van der Waals surface area contributed by atoms with E-state index in [4.69, 9.17) is 4.74 Å². The average Bonchev–Trinajstić information content (AvgIpc) is 3.12. The van der Waals surface area contributed by atoms with Crippen LogP contribution in [0.5, 0.6) is 0 Å². The predicted octanol–water partition coefficient (Wildman–Crippen LogP) is 4.37. The Morgan fingerprint density at radius 3 is 2.79 bits per heavy atom. The Bertz CT molecular complexity index is 447. The molecule has 1 atom stereocenters. The number of thiophene rings is 1. The highest BCUT2D eigenvalue weighted by Gasteiger charge is 2.13. The molecule has 4 nitrogen and oxygen atoms in total. The minimum Gasteiger partial charge on any atom is -0.378 e. The van der Waals surface area contributed by atoms with Crippen LogP contribution in [0.15, 0.2) is 21.8 Å². The average molecular weight is 465 g/mol. The third-order valence-corrected chi connectivity index (χ3v) is 5.13. The summed E-state index contributed by atoms with van der Waals surface area (Å²) in [4.78, 5) is 4.29. The molecule has 6 heteroatoms. The van der Waals surface area contributed by atoms with Gasteiger partial charge in [-0.05, 0) is 47.6 Å². The lowest BCUT2D eigenvalue weighted by molar-refractivity contribution is 0.0277. The molecular weight excluding hydrogens is 433 g/mol. The molecule has 1 fully saturated rings. The van der Waals surface area contributed by atoms with Crippen molar-refractivity contribution in [1.82, 2.24) is 10.6 Å². The first-order chi connectivity index (χ1) is 11.3. The molecule has 0 saturated heterocycles. The summed E-state index contributed by atoms with van der Waals surface area (Å²) in [6, 6.07) is 2.19. The fraction of sp³-hybridized carbons (Fsp3) is 0.722. The molecule has 0 spiro atoms. The Morgan fingerprint density at radius 2 is 2.12 bits per heavy atom. The molecule has 0 amide bonds. The van der Waals surface area contributed by atoms with Crippen LogP contribution < -0.4 is 10.6 Å². The second-order valence-corrected chi connectivity index (χ2v) is 7.10. The summed E-state index contributed by atoms with van der Waals surface area (Å²) < 4.78 is 5.95. The summed E-state index contributed by atoms with van der Waals surface area (Å²) in [7, 11) is 1.82. The summed E-state index contributed by atoms with van der Waals surface area (Å²) >= 11 is 1.75. The topological polar surface area (TPSA) is 45.7 Å². The van der Waals surface area contributed by atoms with Gasteiger partial charge in [-0.15, -0.1) is 24.0 Å². The maximum atomic E-state index is 5.95. The molecule has 1 aromatic rings. The first kappa shape index (κ1) is 21.7. The van der Waals surface area contributed by atoms with Crippen molar-refractivity contribution in [2.75, 3.05) is 26.7 Å². The normalized spacial score (nSPS) is 17.2. The molecule has 2 rings (SSSR count).